The van der Waals surface area contributed by atoms with Gasteiger partial charge in [-0.05, 0) is 296 Å². The largest absolute Gasteiger partial charge is 0.480 e. The lowest BCUT2D eigenvalue weighted by Crippen LogP contribution is -2.38. The number of carboxylic acid groups (broad SMARTS) is 4. The third kappa shape index (κ3) is 18.9. The molecule has 4 N–H and O–H groups in total. The fourth-order valence-corrected chi connectivity index (χ4v) is 24.7. The number of carboxylic acids is 4. The monoisotopic (exact) mass is 1840 g/mol. The SMILES string of the molecule is Cc1c(C2CCC(C(=O)c3ccc4ccccc4n3)CC2)c2cc(F)ccc2n1CC(=O)O.Cc1c(C2CCC(Cc3ccc4ccccc4n3)CC2)c2cc(F)ccc2n1CC(=O)O.Cc1c(C2CCN(S(=O)(=O)c3cccc4ccccc34)CC2)c2cc(F)ccc2n1CC(=O)O.Cc1c(C2CCN(S(=O)(=O)c3cccc4ncccc34)CC2)c2cc(F)ccc2n1CC(=O)O. The number of halogens is 4. The number of sulfonamides is 2. The second-order valence-electron chi connectivity index (χ2n) is 35.4. The van der Waals surface area contributed by atoms with Gasteiger partial charge in [0.15, 0.2) is 5.78 Å². The Morgan fingerprint density at radius 2 is 0.692 bits per heavy atom. The fraction of sp³-hybridized carbons (Fsp3) is 0.295. The van der Waals surface area contributed by atoms with E-state index in [0.717, 1.165) is 152 Å². The van der Waals surface area contributed by atoms with Crippen LogP contribution in [0.2, 0.25) is 0 Å². The van der Waals surface area contributed by atoms with Gasteiger partial charge in [-0.15, -0.1) is 0 Å². The van der Waals surface area contributed by atoms with Crippen LogP contribution in [0.3, 0.4) is 0 Å². The molecule has 7 aromatic heterocycles. The molecule has 2 saturated heterocycles. The smallest absolute Gasteiger partial charge is 0.323 e. The van der Waals surface area contributed by atoms with E-state index >= 15 is 0 Å². The number of piperidine rings is 2. The molecule has 4 aliphatic rings. The number of carbonyl (C=O) groups excluding carboxylic acids is 1. The molecule has 2 aliphatic carbocycles. The van der Waals surface area contributed by atoms with E-state index in [1.807, 2.05) is 111 Å². The van der Waals surface area contributed by atoms with Crippen LogP contribution < -0.4 is 0 Å². The topological polar surface area (TPSA) is 299 Å². The van der Waals surface area contributed by atoms with Crippen LogP contribution in [0.5, 0.6) is 0 Å². The van der Waals surface area contributed by atoms with Crippen LogP contribution >= 0.6 is 0 Å². The van der Waals surface area contributed by atoms with Gasteiger partial charge in [-0.2, -0.15) is 8.61 Å². The van der Waals surface area contributed by atoms with Crippen molar-refractivity contribution in [3.63, 3.8) is 0 Å². The lowest BCUT2D eigenvalue weighted by molar-refractivity contribution is -0.138. The minimum Gasteiger partial charge on any atom is -0.480 e. The standard InChI is InChI=1S/C27H25FN2O3.C27H27FN2O2.C26H25FN2O4S.C25H24FN3O4S/c1-16-26(21-14-20(28)11-13-24(21)30(16)15-25(31)32)18-6-8-19(9-7-18)27(33)23-12-10-17-4-2-3-5-22(17)29-23;1-17-27(23-15-21(28)11-13-25(23)30(17)16-26(31)32)20-8-6-18(7-9-20)14-22-12-10-19-4-2-3-5-24(19)29-22;1-17-26(22-15-20(27)9-10-23(22)29(17)16-25(30)31)19-11-13-28(14-12-19)34(32,33)24-8-4-6-18-5-2-3-7-21(18)24;1-16-25(20-14-18(26)7-8-22(20)29(16)15-24(30)31)17-9-12-28(13-10-17)34(32,33)23-6-2-5-21-19(23)4-3-11-27-21/h2-5,10-14,18-19H,6-9,15H2,1H3,(H,31,32);2-5,10-13,15,18,20H,6-9,14,16H2,1H3,(H,31,32);2-10,15,19H,11-14,16H2,1H3,(H,30,31);2-8,11,14,17H,9-10,12-13,15H2,1H3,(H,30,31). The van der Waals surface area contributed by atoms with Crippen LogP contribution in [0.15, 0.2) is 234 Å². The van der Waals surface area contributed by atoms with Gasteiger partial charge in [-0.25, -0.2) is 39.4 Å². The van der Waals surface area contributed by atoms with Gasteiger partial charge in [0.2, 0.25) is 20.0 Å². The van der Waals surface area contributed by atoms with Crippen molar-refractivity contribution in [3.8, 4) is 0 Å². The molecule has 0 bridgehead atoms. The van der Waals surface area contributed by atoms with Crippen molar-refractivity contribution in [3.05, 3.63) is 304 Å². The van der Waals surface area contributed by atoms with Crippen LogP contribution in [0.25, 0.3) is 87.1 Å². The first-order chi connectivity index (χ1) is 63.9. The molecule has 16 aromatic rings. The number of aromatic nitrogens is 7. The molecule has 0 atom stereocenters. The first kappa shape index (κ1) is 91.6. The maximum Gasteiger partial charge on any atom is 0.323 e. The summed E-state index contributed by atoms with van der Waals surface area (Å²) in [7, 11) is -7.39. The van der Waals surface area contributed by atoms with Gasteiger partial charge < -0.3 is 38.7 Å². The predicted molar refractivity (Wildman–Crippen MR) is 505 cm³/mol. The summed E-state index contributed by atoms with van der Waals surface area (Å²) in [5.74, 6) is -4.03. The molecule has 0 spiro atoms. The minimum absolute atomic E-state index is 0.0000194. The minimum atomic E-state index is -3.71. The van der Waals surface area contributed by atoms with Crippen LogP contribution in [0.1, 0.15) is 162 Å². The second kappa shape index (κ2) is 38.5. The molecular formula is C105H101F4N9O13S2. The Kier molecular flexibility index (Phi) is 26.5. The van der Waals surface area contributed by atoms with Crippen molar-refractivity contribution in [2.24, 2.45) is 11.8 Å². The first-order valence-electron chi connectivity index (χ1n) is 45.0. The molecule has 2 saturated carbocycles. The molecule has 20 rings (SSSR count). The Balaban J connectivity index is 0.000000124. The molecule has 22 nitrogen and oxygen atoms in total. The molecule has 2 aliphatic heterocycles. The summed E-state index contributed by atoms with van der Waals surface area (Å²) in [6.07, 6.45) is 12.2. The van der Waals surface area contributed by atoms with Crippen molar-refractivity contribution >= 4 is 137 Å². The van der Waals surface area contributed by atoms with Gasteiger partial charge in [0.1, 0.15) is 55.1 Å². The van der Waals surface area contributed by atoms with E-state index < -0.39 is 43.9 Å². The fourth-order valence-electron chi connectivity index (χ4n) is 21.3. The maximum absolute atomic E-state index is 14.1. The number of pyridine rings is 3. The molecule has 4 fully saturated rings. The van der Waals surface area contributed by atoms with E-state index in [4.69, 9.17) is 4.98 Å². The number of Topliss-reactive ketones (excluding diaryl/α,β-unsaturated/α-hetero) is 1. The van der Waals surface area contributed by atoms with Crippen molar-refractivity contribution in [1.29, 1.82) is 0 Å². The maximum atomic E-state index is 14.1. The van der Waals surface area contributed by atoms with Crippen LogP contribution in [0, 0.1) is 62.8 Å². The quantitative estimate of drug-likeness (QED) is 0.0407. The Morgan fingerprint density at radius 1 is 0.346 bits per heavy atom. The summed E-state index contributed by atoms with van der Waals surface area (Å²) >= 11 is 0. The normalized spacial score (nSPS) is 17.3. The number of hydrogen-bond donors (Lipinski definition) is 4. The summed E-state index contributed by atoms with van der Waals surface area (Å²) < 4.78 is 120. The number of aliphatic carboxylic acids is 4. The zero-order valence-electron chi connectivity index (χ0n) is 74.0. The van der Waals surface area contributed by atoms with Gasteiger partial charge >= 0.3 is 23.9 Å². The highest BCUT2D eigenvalue weighted by Gasteiger charge is 2.38. The molecule has 0 radical (unpaired) electrons. The first-order valence-corrected chi connectivity index (χ1v) is 47.9. The summed E-state index contributed by atoms with van der Waals surface area (Å²) in [4.78, 5) is 73.1. The highest BCUT2D eigenvalue weighted by atomic mass is 32.2. The van der Waals surface area contributed by atoms with E-state index in [0.29, 0.717) is 112 Å². The van der Waals surface area contributed by atoms with Gasteiger partial charge in [0, 0.05) is 132 Å². The summed E-state index contributed by atoms with van der Waals surface area (Å²) in [6, 6.07) is 63.4. The number of ketones is 1. The predicted octanol–water partition coefficient (Wildman–Crippen LogP) is 21.3. The number of benzene rings is 9. The van der Waals surface area contributed by atoms with Crippen LogP contribution in [-0.2, 0) is 71.8 Å². The number of hydrogen-bond acceptors (Lipinski definition) is 12. The van der Waals surface area contributed by atoms with Gasteiger partial charge in [-0.3, -0.25) is 33.9 Å². The zero-order chi connectivity index (χ0) is 93.4. The number of nitrogens with zero attached hydrogens (tertiary/aromatic N) is 9. The molecule has 9 heterocycles. The molecule has 28 heteroatoms. The van der Waals surface area contributed by atoms with Crippen molar-refractivity contribution in [2.45, 2.75) is 171 Å². The van der Waals surface area contributed by atoms with E-state index in [1.54, 1.807) is 92.7 Å². The summed E-state index contributed by atoms with van der Waals surface area (Å²) in [5.41, 5.74) is 14.4. The lowest BCUT2D eigenvalue weighted by atomic mass is 9.76. The Bertz CT molecular complexity index is 7240. The Morgan fingerprint density at radius 3 is 1.12 bits per heavy atom. The molecule has 684 valence electrons. The van der Waals surface area contributed by atoms with E-state index in [-0.39, 0.29) is 83.8 Å². The number of fused-ring (bicyclic) bond motifs is 8. The summed E-state index contributed by atoms with van der Waals surface area (Å²) in [6.45, 7) is 8.25. The number of para-hydroxylation sites is 2. The highest BCUT2D eigenvalue weighted by Crippen LogP contribution is 2.47. The average molecular weight is 1840 g/mol. The number of carbonyl (C=O) groups is 5. The zero-order valence-corrected chi connectivity index (χ0v) is 75.6. The lowest BCUT2D eigenvalue weighted by Gasteiger charge is -2.32. The molecule has 0 amide bonds. The van der Waals surface area contributed by atoms with Crippen molar-refractivity contribution in [2.75, 3.05) is 26.2 Å². The third-order valence-electron chi connectivity index (χ3n) is 27.6. The van der Waals surface area contributed by atoms with E-state index in [9.17, 15) is 78.8 Å². The summed E-state index contributed by atoms with van der Waals surface area (Å²) in [5, 5.41) is 44.8. The Hall–Kier alpha value is -13.3. The van der Waals surface area contributed by atoms with Crippen LogP contribution in [0.4, 0.5) is 17.6 Å². The Labute approximate surface area is 765 Å². The van der Waals surface area contributed by atoms with E-state index in [2.05, 4.69) is 34.2 Å². The molecular weight excluding hydrogens is 1740 g/mol. The highest BCUT2D eigenvalue weighted by molar-refractivity contribution is 7.89. The van der Waals surface area contributed by atoms with Gasteiger partial charge in [0.05, 0.1) is 26.3 Å². The second-order valence-corrected chi connectivity index (χ2v) is 39.3. The molecule has 9 aromatic carbocycles. The molecule has 0 unspecified atom stereocenters. The van der Waals surface area contributed by atoms with Crippen molar-refractivity contribution in [1.82, 2.24) is 41.8 Å². The van der Waals surface area contributed by atoms with Crippen LogP contribution in [-0.4, -0.2) is 135 Å². The van der Waals surface area contributed by atoms with E-state index in [1.165, 1.54) is 56.5 Å². The van der Waals surface area contributed by atoms with Gasteiger partial charge in [-0.1, -0.05) is 91.0 Å². The van der Waals surface area contributed by atoms with Gasteiger partial charge in [0.25, 0.3) is 0 Å². The van der Waals surface area contributed by atoms with Crippen molar-refractivity contribution < 1.29 is 78.8 Å². The third-order valence-corrected chi connectivity index (χ3v) is 31.5. The molecule has 133 heavy (non-hydrogen) atoms. The average Bonchev–Trinajstić information content (AvgIpc) is 1.60. The number of rotatable bonds is 20.